The van der Waals surface area contributed by atoms with E-state index in [2.05, 4.69) is 4.90 Å². The van der Waals surface area contributed by atoms with Crippen LogP contribution in [0.4, 0.5) is 13.2 Å². The lowest BCUT2D eigenvalue weighted by atomic mass is 9.91. The molecule has 0 aliphatic carbocycles. The number of hydrogen-bond acceptors (Lipinski definition) is 3. The molecular formula is C19H25F3N2O2. The van der Waals surface area contributed by atoms with Crippen LogP contribution in [-0.4, -0.2) is 59.1 Å². The third-order valence-electron chi connectivity index (χ3n) is 5.26. The third-order valence-corrected chi connectivity index (χ3v) is 5.26. The summed E-state index contributed by atoms with van der Waals surface area (Å²) >= 11 is 0. The average Bonchev–Trinajstić information content (AvgIpc) is 3.06. The Morgan fingerprint density at radius 3 is 2.35 bits per heavy atom. The minimum absolute atomic E-state index is 0.0535. The predicted octanol–water partition coefficient (Wildman–Crippen LogP) is 2.70. The normalized spacial score (nSPS) is 24.8. The van der Waals surface area contributed by atoms with Gasteiger partial charge in [-0.05, 0) is 56.5 Å². The van der Waals surface area contributed by atoms with E-state index in [1.165, 1.54) is 12.1 Å². The highest BCUT2D eigenvalue weighted by Crippen LogP contribution is 2.29. The largest absolute Gasteiger partial charge is 0.416 e. The van der Waals surface area contributed by atoms with E-state index in [1.54, 1.807) is 4.90 Å². The number of piperidine rings is 1. The van der Waals surface area contributed by atoms with Crippen molar-refractivity contribution in [2.75, 3.05) is 32.7 Å². The molecule has 4 nitrogen and oxygen atoms in total. The number of aliphatic hydroxyl groups is 1. The molecule has 1 N–H and O–H groups in total. The Balaban J connectivity index is 1.58. The first-order chi connectivity index (χ1) is 12.3. The number of rotatable bonds is 4. The number of likely N-dealkylation sites (tertiary alicyclic amines) is 2. The number of benzene rings is 1. The van der Waals surface area contributed by atoms with Crippen molar-refractivity contribution in [2.24, 2.45) is 0 Å². The molecule has 144 valence electrons. The Morgan fingerprint density at radius 2 is 1.73 bits per heavy atom. The topological polar surface area (TPSA) is 43.8 Å². The van der Waals surface area contributed by atoms with Crippen LogP contribution in [0.3, 0.4) is 0 Å². The van der Waals surface area contributed by atoms with E-state index >= 15 is 0 Å². The number of alkyl halides is 3. The van der Waals surface area contributed by atoms with Crippen LogP contribution in [0.1, 0.15) is 36.8 Å². The Morgan fingerprint density at radius 1 is 1.08 bits per heavy atom. The Labute approximate surface area is 151 Å². The lowest BCUT2D eigenvalue weighted by Gasteiger charge is -2.41. The highest BCUT2D eigenvalue weighted by molar-refractivity contribution is 5.79. The highest BCUT2D eigenvalue weighted by atomic mass is 19.4. The minimum Gasteiger partial charge on any atom is -0.387 e. The van der Waals surface area contributed by atoms with Gasteiger partial charge in [-0.2, -0.15) is 13.2 Å². The molecule has 2 heterocycles. The first-order valence-corrected chi connectivity index (χ1v) is 9.14. The van der Waals surface area contributed by atoms with Crippen LogP contribution < -0.4 is 0 Å². The van der Waals surface area contributed by atoms with Crippen LogP contribution in [0, 0.1) is 0 Å². The average molecular weight is 370 g/mol. The molecule has 1 atom stereocenters. The van der Waals surface area contributed by atoms with Gasteiger partial charge in [0.15, 0.2) is 0 Å². The van der Waals surface area contributed by atoms with Crippen molar-refractivity contribution in [3.05, 3.63) is 35.4 Å². The van der Waals surface area contributed by atoms with Gasteiger partial charge in [-0.3, -0.25) is 4.79 Å². The standard InChI is InChI=1S/C19H25F3N2O2/c20-19(21,22)16-6-4-15(5-7-16)12-17(25)24-11-3-8-18(26,14-24)13-23-9-1-2-10-23/h4-7,26H,1-3,8-14H2. The van der Waals surface area contributed by atoms with Crippen LogP contribution in [0.5, 0.6) is 0 Å². The molecule has 0 radical (unpaired) electrons. The molecule has 26 heavy (non-hydrogen) atoms. The molecule has 3 rings (SSSR count). The van der Waals surface area contributed by atoms with Crippen molar-refractivity contribution in [3.63, 3.8) is 0 Å². The van der Waals surface area contributed by atoms with Gasteiger partial charge >= 0.3 is 6.18 Å². The van der Waals surface area contributed by atoms with E-state index in [9.17, 15) is 23.1 Å². The van der Waals surface area contributed by atoms with Gasteiger partial charge in [-0.15, -0.1) is 0 Å². The maximum atomic E-state index is 12.6. The van der Waals surface area contributed by atoms with Crippen molar-refractivity contribution in [2.45, 2.75) is 43.9 Å². The lowest BCUT2D eigenvalue weighted by Crippen LogP contribution is -2.55. The number of halogens is 3. The summed E-state index contributed by atoms with van der Waals surface area (Å²) in [5, 5.41) is 10.9. The SMILES string of the molecule is O=C(Cc1ccc(C(F)(F)F)cc1)N1CCCC(O)(CN2CCCC2)C1. The van der Waals surface area contributed by atoms with E-state index < -0.39 is 17.3 Å². The maximum absolute atomic E-state index is 12.6. The van der Waals surface area contributed by atoms with Crippen LogP contribution in [0.2, 0.25) is 0 Å². The van der Waals surface area contributed by atoms with Crippen molar-refractivity contribution < 1.29 is 23.1 Å². The van der Waals surface area contributed by atoms with E-state index in [0.717, 1.165) is 44.5 Å². The second kappa shape index (κ2) is 7.56. The van der Waals surface area contributed by atoms with Gasteiger partial charge in [-0.1, -0.05) is 12.1 Å². The van der Waals surface area contributed by atoms with E-state index in [-0.39, 0.29) is 12.3 Å². The number of hydrogen-bond donors (Lipinski definition) is 1. The molecule has 2 aliphatic heterocycles. The molecule has 0 bridgehead atoms. The molecule has 0 spiro atoms. The fraction of sp³-hybridized carbons (Fsp3) is 0.632. The number of β-amino-alcohol motifs (C(OH)–C–C–N with tert-alkyl or cyclic N) is 1. The summed E-state index contributed by atoms with van der Waals surface area (Å²) in [6.07, 6.45) is -0.616. The first kappa shape index (κ1) is 19.2. The molecule has 1 aromatic carbocycles. The summed E-state index contributed by atoms with van der Waals surface area (Å²) in [5.74, 6) is -0.149. The Hall–Kier alpha value is -1.60. The quantitative estimate of drug-likeness (QED) is 0.886. The van der Waals surface area contributed by atoms with Crippen molar-refractivity contribution in [1.29, 1.82) is 0 Å². The van der Waals surface area contributed by atoms with E-state index in [0.29, 0.717) is 31.6 Å². The van der Waals surface area contributed by atoms with Gasteiger partial charge in [0, 0.05) is 13.1 Å². The predicted molar refractivity (Wildman–Crippen MR) is 91.6 cm³/mol. The monoisotopic (exact) mass is 370 g/mol. The number of carbonyl (C=O) groups excluding carboxylic acids is 1. The maximum Gasteiger partial charge on any atom is 0.416 e. The van der Waals surface area contributed by atoms with Crippen LogP contribution in [-0.2, 0) is 17.4 Å². The van der Waals surface area contributed by atoms with Gasteiger partial charge < -0.3 is 14.9 Å². The Kier molecular flexibility index (Phi) is 5.58. The zero-order valence-corrected chi connectivity index (χ0v) is 14.8. The summed E-state index contributed by atoms with van der Waals surface area (Å²) in [7, 11) is 0. The number of amides is 1. The third kappa shape index (κ3) is 4.76. The molecular weight excluding hydrogens is 345 g/mol. The summed E-state index contributed by atoms with van der Waals surface area (Å²) < 4.78 is 37.9. The molecule has 1 amide bonds. The number of nitrogens with zero attached hydrogens (tertiary/aromatic N) is 2. The minimum atomic E-state index is -4.37. The molecule has 7 heteroatoms. The van der Waals surface area contributed by atoms with Crippen LogP contribution in [0.15, 0.2) is 24.3 Å². The zero-order valence-electron chi connectivity index (χ0n) is 14.8. The molecule has 1 unspecified atom stereocenters. The molecule has 1 aromatic rings. The molecule has 2 fully saturated rings. The first-order valence-electron chi connectivity index (χ1n) is 9.14. The van der Waals surface area contributed by atoms with Crippen molar-refractivity contribution in [1.82, 2.24) is 9.80 Å². The second-order valence-electron chi connectivity index (χ2n) is 7.50. The van der Waals surface area contributed by atoms with Crippen molar-refractivity contribution in [3.8, 4) is 0 Å². The lowest BCUT2D eigenvalue weighted by molar-refractivity contribution is -0.138. The fourth-order valence-corrected chi connectivity index (χ4v) is 3.91. The summed E-state index contributed by atoms with van der Waals surface area (Å²) in [4.78, 5) is 16.4. The van der Waals surface area contributed by atoms with E-state index in [4.69, 9.17) is 0 Å². The fourth-order valence-electron chi connectivity index (χ4n) is 3.91. The number of carbonyl (C=O) groups is 1. The highest BCUT2D eigenvalue weighted by Gasteiger charge is 2.37. The smallest absolute Gasteiger partial charge is 0.387 e. The van der Waals surface area contributed by atoms with Crippen LogP contribution in [0.25, 0.3) is 0 Å². The van der Waals surface area contributed by atoms with Gasteiger partial charge in [-0.25, -0.2) is 0 Å². The molecule has 2 saturated heterocycles. The molecule has 0 saturated carbocycles. The van der Waals surface area contributed by atoms with Gasteiger partial charge in [0.25, 0.3) is 0 Å². The summed E-state index contributed by atoms with van der Waals surface area (Å²) in [6, 6.07) is 4.70. The second-order valence-corrected chi connectivity index (χ2v) is 7.50. The van der Waals surface area contributed by atoms with Gasteiger partial charge in [0.05, 0.1) is 24.1 Å². The van der Waals surface area contributed by atoms with Gasteiger partial charge in [0.1, 0.15) is 0 Å². The Bertz CT molecular complexity index is 627. The summed E-state index contributed by atoms with van der Waals surface area (Å²) in [5.41, 5.74) is -1.05. The molecule has 0 aromatic heterocycles. The summed E-state index contributed by atoms with van der Waals surface area (Å²) in [6.45, 7) is 3.44. The van der Waals surface area contributed by atoms with Gasteiger partial charge in [0.2, 0.25) is 5.91 Å². The van der Waals surface area contributed by atoms with Crippen molar-refractivity contribution >= 4 is 5.91 Å². The van der Waals surface area contributed by atoms with Crippen LogP contribution >= 0.6 is 0 Å². The molecule has 2 aliphatic rings. The zero-order chi connectivity index (χ0) is 18.8. The van der Waals surface area contributed by atoms with E-state index in [1.807, 2.05) is 0 Å².